The molecule has 5 unspecified atom stereocenters. The molecular weight excluding hydrogens is 882 g/mol. The van der Waals surface area contributed by atoms with Crippen LogP contribution in [0.3, 0.4) is 0 Å². The molecular formula is C47H84O16P2. The fourth-order valence-electron chi connectivity index (χ4n) is 7.14. The highest BCUT2D eigenvalue weighted by Gasteiger charge is 2.54. The molecule has 0 aromatic rings. The van der Waals surface area contributed by atoms with E-state index in [0.29, 0.717) is 19.3 Å². The van der Waals surface area contributed by atoms with Crippen LogP contribution in [-0.2, 0) is 41.8 Å². The van der Waals surface area contributed by atoms with Gasteiger partial charge in [0.15, 0.2) is 6.10 Å². The number of allylic oxidation sites excluding steroid dienone is 8. The summed E-state index contributed by atoms with van der Waals surface area (Å²) in [5.74, 6) is -1.27. The Balaban J connectivity index is 2.62. The second-order valence-corrected chi connectivity index (χ2v) is 19.4. The Kier molecular flexibility index (Phi) is 35.5. The molecule has 1 rings (SSSR count). The third kappa shape index (κ3) is 32.4. The van der Waals surface area contributed by atoms with E-state index in [1.54, 1.807) is 0 Å². The van der Waals surface area contributed by atoms with Crippen molar-refractivity contribution < 1.29 is 76.9 Å². The second kappa shape index (κ2) is 37.9. The lowest BCUT2D eigenvalue weighted by atomic mass is 9.85. The van der Waals surface area contributed by atoms with E-state index in [0.717, 1.165) is 51.4 Å². The van der Waals surface area contributed by atoms with Gasteiger partial charge in [-0.1, -0.05) is 165 Å². The number of esters is 2. The number of phosphoric acid groups is 2. The molecule has 0 amide bonds. The van der Waals surface area contributed by atoms with Crippen molar-refractivity contribution in [3.63, 3.8) is 0 Å². The summed E-state index contributed by atoms with van der Waals surface area (Å²) in [5, 5.41) is 41.2. The molecule has 0 aromatic heterocycles. The van der Waals surface area contributed by atoms with Crippen molar-refractivity contribution in [3.8, 4) is 0 Å². The molecule has 1 fully saturated rings. The summed E-state index contributed by atoms with van der Waals surface area (Å²) < 4.78 is 49.3. The van der Waals surface area contributed by atoms with Crippen LogP contribution in [0.4, 0.5) is 0 Å². The first-order valence-corrected chi connectivity index (χ1v) is 27.2. The van der Waals surface area contributed by atoms with Gasteiger partial charge in [-0.05, 0) is 51.4 Å². The number of phosphoric ester groups is 2. The number of carbonyl (C=O) groups is 2. The van der Waals surface area contributed by atoms with Crippen LogP contribution in [-0.4, -0.2) is 103 Å². The predicted octanol–water partition coefficient (Wildman–Crippen LogP) is 9.29. The Labute approximate surface area is 388 Å². The van der Waals surface area contributed by atoms with Gasteiger partial charge in [0, 0.05) is 12.8 Å². The summed E-state index contributed by atoms with van der Waals surface area (Å²) in [4.78, 5) is 54.3. The Morgan fingerprint density at radius 3 is 1.40 bits per heavy atom. The van der Waals surface area contributed by atoms with Gasteiger partial charge in [-0.15, -0.1) is 0 Å². The van der Waals surface area contributed by atoms with Crippen molar-refractivity contribution in [2.75, 3.05) is 13.2 Å². The number of hydrogen-bond acceptors (Lipinski definition) is 13. The van der Waals surface area contributed by atoms with Crippen LogP contribution in [0.2, 0.25) is 0 Å². The third-order valence-corrected chi connectivity index (χ3v) is 12.4. The summed E-state index contributed by atoms with van der Waals surface area (Å²) in [6.45, 7) is 3.04. The molecule has 0 radical (unpaired) electrons. The summed E-state index contributed by atoms with van der Waals surface area (Å²) in [7, 11) is -10.7. The van der Waals surface area contributed by atoms with Crippen LogP contribution in [0.15, 0.2) is 48.6 Å². The minimum Gasteiger partial charge on any atom is -0.462 e. The van der Waals surface area contributed by atoms with Gasteiger partial charge in [0.05, 0.1) is 6.61 Å². The number of carbonyl (C=O) groups excluding carboxylic acids is 2. The summed E-state index contributed by atoms with van der Waals surface area (Å²) in [6, 6.07) is 0. The maximum atomic E-state index is 13.0. The molecule has 0 bridgehead atoms. The molecule has 0 heterocycles. The summed E-state index contributed by atoms with van der Waals surface area (Å²) in [6.07, 6.45) is 27.9. The molecule has 1 aliphatic rings. The lowest BCUT2D eigenvalue weighted by Crippen LogP contribution is -2.64. The largest absolute Gasteiger partial charge is 0.472 e. The van der Waals surface area contributed by atoms with Gasteiger partial charge in [0.2, 0.25) is 0 Å². The molecule has 7 N–H and O–H groups in total. The van der Waals surface area contributed by atoms with Crippen molar-refractivity contribution in [2.24, 2.45) is 0 Å². The molecule has 0 aromatic carbocycles. The monoisotopic (exact) mass is 967 g/mol. The first-order chi connectivity index (χ1) is 31.1. The Bertz CT molecular complexity index is 1450. The zero-order chi connectivity index (χ0) is 48.2. The first kappa shape index (κ1) is 61.0. The molecule has 16 nitrogen and oxygen atoms in total. The van der Waals surface area contributed by atoms with Crippen molar-refractivity contribution in [2.45, 2.75) is 224 Å². The average molecular weight is 967 g/mol. The number of aliphatic hydroxyl groups excluding tert-OH is 4. The zero-order valence-corrected chi connectivity index (χ0v) is 40.9. The maximum Gasteiger partial charge on any atom is 0.472 e. The SMILES string of the molecule is CCCCCC=CCC=CCC=CCC=CCCCC(=O)OC[C@H](COP(=O)(O)O[C@H]1C(O)C(O)C(O)[C@@H](OP(=O)(O)O)C1O)OC(=O)CCCCCCCCCCCCCCCCC. The highest BCUT2D eigenvalue weighted by atomic mass is 31.2. The van der Waals surface area contributed by atoms with E-state index in [1.807, 2.05) is 12.2 Å². The summed E-state index contributed by atoms with van der Waals surface area (Å²) >= 11 is 0. The van der Waals surface area contributed by atoms with Crippen molar-refractivity contribution in [1.82, 2.24) is 0 Å². The number of hydrogen-bond donors (Lipinski definition) is 7. The van der Waals surface area contributed by atoms with E-state index >= 15 is 0 Å². The molecule has 1 saturated carbocycles. The first-order valence-electron chi connectivity index (χ1n) is 24.2. The molecule has 65 heavy (non-hydrogen) atoms. The number of rotatable bonds is 40. The van der Waals surface area contributed by atoms with Gasteiger partial charge >= 0.3 is 27.6 Å². The van der Waals surface area contributed by atoms with Crippen molar-refractivity contribution >= 4 is 27.6 Å². The van der Waals surface area contributed by atoms with Gasteiger partial charge < -0.3 is 44.6 Å². The lowest BCUT2D eigenvalue weighted by molar-refractivity contribution is -0.216. The van der Waals surface area contributed by atoms with Crippen LogP contribution in [0.25, 0.3) is 0 Å². The van der Waals surface area contributed by atoms with Crippen LogP contribution in [0.5, 0.6) is 0 Å². The number of aliphatic hydroxyl groups is 4. The van der Waals surface area contributed by atoms with Gasteiger partial charge in [-0.25, -0.2) is 9.13 Å². The second-order valence-electron chi connectivity index (χ2n) is 16.8. The summed E-state index contributed by atoms with van der Waals surface area (Å²) in [5.41, 5.74) is 0. The molecule has 0 aliphatic heterocycles. The fraction of sp³-hybridized carbons (Fsp3) is 0.787. The van der Waals surface area contributed by atoms with E-state index < -0.39 is 83.5 Å². The van der Waals surface area contributed by atoms with Crippen LogP contribution in [0, 0.1) is 0 Å². The Hall–Kier alpha value is -2.04. The predicted molar refractivity (Wildman–Crippen MR) is 250 cm³/mol. The van der Waals surface area contributed by atoms with E-state index in [1.165, 1.54) is 83.5 Å². The van der Waals surface area contributed by atoms with E-state index in [4.69, 9.17) is 18.5 Å². The average Bonchev–Trinajstić information content (AvgIpc) is 3.26. The van der Waals surface area contributed by atoms with Crippen LogP contribution < -0.4 is 0 Å². The quantitative estimate of drug-likeness (QED) is 0.0131. The Morgan fingerprint density at radius 2 is 0.908 bits per heavy atom. The highest BCUT2D eigenvalue weighted by molar-refractivity contribution is 7.47. The van der Waals surface area contributed by atoms with E-state index in [9.17, 15) is 53.8 Å². The molecule has 378 valence electrons. The number of unbranched alkanes of at least 4 members (excludes halogenated alkanes) is 18. The minimum atomic E-state index is -5.37. The Morgan fingerprint density at radius 1 is 0.492 bits per heavy atom. The van der Waals surface area contributed by atoms with Gasteiger partial charge in [-0.2, -0.15) is 0 Å². The lowest BCUT2D eigenvalue weighted by Gasteiger charge is -2.43. The fourth-order valence-corrected chi connectivity index (χ4v) is 8.68. The number of ether oxygens (including phenoxy) is 2. The highest BCUT2D eigenvalue weighted by Crippen LogP contribution is 2.49. The van der Waals surface area contributed by atoms with E-state index in [-0.39, 0.29) is 12.8 Å². The molecule has 18 heteroatoms. The van der Waals surface area contributed by atoms with Gasteiger partial charge in [0.25, 0.3) is 0 Å². The normalized spacial score (nSPS) is 22.0. The minimum absolute atomic E-state index is 0.0344. The third-order valence-electron chi connectivity index (χ3n) is 10.9. The van der Waals surface area contributed by atoms with Gasteiger partial charge in [-0.3, -0.25) is 23.2 Å². The smallest absolute Gasteiger partial charge is 0.462 e. The standard InChI is InChI=1S/C47H84O16P2/c1-3-5-7-9-11-13-15-17-19-20-22-23-25-27-29-31-33-35-40(48)59-37-39(61-41(49)36-34-32-30-28-26-24-21-18-16-14-12-10-8-6-4-2)38-60-65(57,58)63-47-44(52)42(50)43(51)46(45(47)53)62-64(54,55)56/h11,13,17,19,22-23,27,29,39,42-47,50-53H,3-10,12,14-16,18,20-21,24-26,28,30-38H2,1-2H3,(H,57,58)(H2,54,55,56)/t39-,42?,43?,44?,45?,46-,47+/m1/s1. The molecule has 0 saturated heterocycles. The van der Waals surface area contributed by atoms with Crippen molar-refractivity contribution in [3.05, 3.63) is 48.6 Å². The van der Waals surface area contributed by atoms with Crippen molar-refractivity contribution in [1.29, 1.82) is 0 Å². The molecule has 8 atom stereocenters. The zero-order valence-electron chi connectivity index (χ0n) is 39.2. The van der Waals surface area contributed by atoms with Crippen LogP contribution in [0.1, 0.15) is 181 Å². The maximum absolute atomic E-state index is 13.0. The van der Waals surface area contributed by atoms with Gasteiger partial charge in [0.1, 0.15) is 43.2 Å². The van der Waals surface area contributed by atoms with E-state index in [2.05, 4.69) is 54.8 Å². The molecule has 0 spiro atoms. The molecule has 1 aliphatic carbocycles. The van der Waals surface area contributed by atoms with Crippen LogP contribution >= 0.6 is 15.6 Å². The topological polar surface area (TPSA) is 256 Å².